The van der Waals surface area contributed by atoms with Crippen LogP contribution in [-0.4, -0.2) is 31.6 Å². The second-order valence-electron chi connectivity index (χ2n) is 5.75. The molecule has 1 aliphatic carbocycles. The van der Waals surface area contributed by atoms with Gasteiger partial charge in [-0.2, -0.15) is 0 Å². The lowest BCUT2D eigenvalue weighted by atomic mass is 9.85. The van der Waals surface area contributed by atoms with E-state index in [1.807, 2.05) is 12.1 Å². The zero-order chi connectivity index (χ0) is 13.7. The summed E-state index contributed by atoms with van der Waals surface area (Å²) in [6.07, 6.45) is 5.13. The first-order valence-corrected chi connectivity index (χ1v) is 7.26. The van der Waals surface area contributed by atoms with Crippen LogP contribution < -0.4 is 10.5 Å². The Labute approximate surface area is 116 Å². The van der Waals surface area contributed by atoms with E-state index in [4.69, 9.17) is 10.5 Å². The number of nitrogens with zero attached hydrogens (tertiary/aromatic N) is 1. The Morgan fingerprint density at radius 2 is 1.89 bits per heavy atom. The molecule has 0 amide bonds. The Morgan fingerprint density at radius 3 is 2.53 bits per heavy atom. The van der Waals surface area contributed by atoms with E-state index in [2.05, 4.69) is 24.1 Å². The van der Waals surface area contributed by atoms with Gasteiger partial charge in [0, 0.05) is 19.1 Å². The summed E-state index contributed by atoms with van der Waals surface area (Å²) < 4.78 is 5.18. The fraction of sp³-hybridized carbons (Fsp3) is 0.625. The van der Waals surface area contributed by atoms with Crippen molar-refractivity contribution < 1.29 is 4.74 Å². The predicted octanol–water partition coefficient (Wildman–Crippen LogP) is 2.64. The molecule has 0 heterocycles. The van der Waals surface area contributed by atoms with Gasteiger partial charge in [-0.1, -0.05) is 25.0 Å². The van der Waals surface area contributed by atoms with Gasteiger partial charge in [0.1, 0.15) is 5.75 Å². The third-order valence-electron chi connectivity index (χ3n) is 4.13. The molecule has 1 saturated carbocycles. The van der Waals surface area contributed by atoms with Gasteiger partial charge in [0.25, 0.3) is 0 Å². The van der Waals surface area contributed by atoms with E-state index < -0.39 is 0 Å². The first-order valence-electron chi connectivity index (χ1n) is 7.26. The van der Waals surface area contributed by atoms with Crippen LogP contribution in [0.1, 0.15) is 31.2 Å². The smallest absolute Gasteiger partial charge is 0.118 e. The molecule has 2 rings (SSSR count). The molecular weight excluding hydrogens is 236 g/mol. The highest BCUT2D eigenvalue weighted by molar-refractivity contribution is 5.27. The molecule has 0 spiro atoms. The van der Waals surface area contributed by atoms with Gasteiger partial charge in [-0.3, -0.25) is 0 Å². The number of hydrogen-bond donors (Lipinski definition) is 1. The fourth-order valence-electron chi connectivity index (χ4n) is 2.97. The van der Waals surface area contributed by atoms with Crippen LogP contribution >= 0.6 is 0 Å². The van der Waals surface area contributed by atoms with E-state index in [0.717, 1.165) is 18.8 Å². The third-order valence-corrected chi connectivity index (χ3v) is 4.13. The van der Waals surface area contributed by atoms with Crippen LogP contribution in [0.4, 0.5) is 0 Å². The summed E-state index contributed by atoms with van der Waals surface area (Å²) in [6.45, 7) is 2.08. The van der Waals surface area contributed by atoms with Gasteiger partial charge in [0.15, 0.2) is 0 Å². The van der Waals surface area contributed by atoms with E-state index in [-0.39, 0.29) is 0 Å². The van der Waals surface area contributed by atoms with Crippen LogP contribution in [0, 0.1) is 5.92 Å². The second-order valence-corrected chi connectivity index (χ2v) is 5.75. The standard InChI is InChI=1S/C16H26N2O/c1-18(12-14-5-3-4-6-16(14)17)11-13-7-9-15(19-2)10-8-13/h7-10,14,16H,3-6,11-12,17H2,1-2H3. The lowest BCUT2D eigenvalue weighted by Crippen LogP contribution is -2.39. The van der Waals surface area contributed by atoms with Crippen LogP contribution in [-0.2, 0) is 6.54 Å². The van der Waals surface area contributed by atoms with Crippen LogP contribution in [0.5, 0.6) is 5.75 Å². The molecule has 0 radical (unpaired) electrons. The maximum Gasteiger partial charge on any atom is 0.118 e. The van der Waals surface area contributed by atoms with Gasteiger partial charge in [-0.15, -0.1) is 0 Å². The van der Waals surface area contributed by atoms with E-state index in [9.17, 15) is 0 Å². The van der Waals surface area contributed by atoms with Gasteiger partial charge in [0.2, 0.25) is 0 Å². The van der Waals surface area contributed by atoms with Gasteiger partial charge < -0.3 is 15.4 Å². The largest absolute Gasteiger partial charge is 0.497 e. The van der Waals surface area contributed by atoms with E-state index in [0.29, 0.717) is 12.0 Å². The minimum Gasteiger partial charge on any atom is -0.497 e. The Bertz CT molecular complexity index is 377. The van der Waals surface area contributed by atoms with Crippen LogP contribution in [0.3, 0.4) is 0 Å². The van der Waals surface area contributed by atoms with Gasteiger partial charge >= 0.3 is 0 Å². The van der Waals surface area contributed by atoms with E-state index in [1.165, 1.54) is 31.2 Å². The maximum atomic E-state index is 6.22. The first kappa shape index (κ1) is 14.4. The van der Waals surface area contributed by atoms with Crippen molar-refractivity contribution >= 4 is 0 Å². The normalized spacial score (nSPS) is 23.6. The number of hydrogen-bond acceptors (Lipinski definition) is 3. The molecule has 1 aromatic carbocycles. The minimum absolute atomic E-state index is 0.395. The first-order chi connectivity index (χ1) is 9.19. The van der Waals surface area contributed by atoms with Crippen LogP contribution in [0.2, 0.25) is 0 Å². The number of rotatable bonds is 5. The van der Waals surface area contributed by atoms with Crippen molar-refractivity contribution in [3.05, 3.63) is 29.8 Å². The number of nitrogens with two attached hydrogens (primary N) is 1. The van der Waals surface area contributed by atoms with Gasteiger partial charge in [0.05, 0.1) is 7.11 Å². The molecular formula is C16H26N2O. The Kier molecular flexibility index (Phi) is 5.23. The van der Waals surface area contributed by atoms with Gasteiger partial charge in [-0.25, -0.2) is 0 Å². The quantitative estimate of drug-likeness (QED) is 0.886. The zero-order valence-electron chi connectivity index (χ0n) is 12.1. The monoisotopic (exact) mass is 262 g/mol. The van der Waals surface area contributed by atoms with Crippen molar-refractivity contribution in [2.24, 2.45) is 11.7 Å². The summed E-state index contributed by atoms with van der Waals surface area (Å²) in [5, 5.41) is 0. The summed E-state index contributed by atoms with van der Waals surface area (Å²) in [4.78, 5) is 2.39. The van der Waals surface area contributed by atoms with Gasteiger partial charge in [-0.05, 0) is 43.5 Å². The van der Waals surface area contributed by atoms with Crippen LogP contribution in [0.15, 0.2) is 24.3 Å². The lowest BCUT2D eigenvalue weighted by Gasteiger charge is -2.32. The molecule has 1 fully saturated rings. The van der Waals surface area contributed by atoms with Crippen molar-refractivity contribution in [2.45, 2.75) is 38.3 Å². The number of methoxy groups -OCH3 is 1. The molecule has 2 atom stereocenters. The molecule has 1 aliphatic rings. The molecule has 0 saturated heterocycles. The highest BCUT2D eigenvalue weighted by Gasteiger charge is 2.22. The van der Waals surface area contributed by atoms with Crippen molar-refractivity contribution in [1.29, 1.82) is 0 Å². The summed E-state index contributed by atoms with van der Waals surface area (Å²) in [5.74, 6) is 1.58. The lowest BCUT2D eigenvalue weighted by molar-refractivity contribution is 0.206. The molecule has 106 valence electrons. The number of benzene rings is 1. The topological polar surface area (TPSA) is 38.5 Å². The molecule has 2 N–H and O–H groups in total. The molecule has 19 heavy (non-hydrogen) atoms. The van der Waals surface area contributed by atoms with Crippen molar-refractivity contribution in [3.63, 3.8) is 0 Å². The fourth-order valence-corrected chi connectivity index (χ4v) is 2.97. The summed E-state index contributed by atoms with van der Waals surface area (Å²) in [7, 11) is 3.89. The third kappa shape index (κ3) is 4.22. The summed E-state index contributed by atoms with van der Waals surface area (Å²) in [5.41, 5.74) is 7.54. The number of ether oxygens (including phenoxy) is 1. The van der Waals surface area contributed by atoms with Crippen molar-refractivity contribution in [1.82, 2.24) is 4.90 Å². The molecule has 0 bridgehead atoms. The molecule has 0 aliphatic heterocycles. The Morgan fingerprint density at radius 1 is 1.21 bits per heavy atom. The minimum atomic E-state index is 0.395. The molecule has 0 aromatic heterocycles. The highest BCUT2D eigenvalue weighted by Crippen LogP contribution is 2.24. The molecule has 1 aromatic rings. The molecule has 3 nitrogen and oxygen atoms in total. The van der Waals surface area contributed by atoms with Crippen LogP contribution in [0.25, 0.3) is 0 Å². The molecule has 3 heteroatoms. The highest BCUT2D eigenvalue weighted by atomic mass is 16.5. The summed E-state index contributed by atoms with van der Waals surface area (Å²) in [6, 6.07) is 8.71. The average Bonchev–Trinajstić information content (AvgIpc) is 2.42. The van der Waals surface area contributed by atoms with E-state index >= 15 is 0 Å². The summed E-state index contributed by atoms with van der Waals surface area (Å²) >= 11 is 0. The maximum absolute atomic E-state index is 6.22. The van der Waals surface area contributed by atoms with E-state index in [1.54, 1.807) is 7.11 Å². The zero-order valence-corrected chi connectivity index (χ0v) is 12.1. The van der Waals surface area contributed by atoms with Crippen molar-refractivity contribution in [2.75, 3.05) is 20.7 Å². The molecule has 2 unspecified atom stereocenters. The SMILES string of the molecule is COc1ccc(CN(C)CC2CCCCC2N)cc1. The average molecular weight is 262 g/mol. The van der Waals surface area contributed by atoms with Crippen molar-refractivity contribution in [3.8, 4) is 5.75 Å². The predicted molar refractivity (Wildman–Crippen MR) is 79.3 cm³/mol. The Hall–Kier alpha value is -1.06. The Balaban J connectivity index is 1.84. The second kappa shape index (κ2) is 6.92.